The molecule has 6 nitrogen and oxygen atoms in total. The molecule has 0 amide bonds. The van der Waals surface area contributed by atoms with Crippen LogP contribution < -0.4 is 0 Å². The molecule has 1 atom stereocenters. The van der Waals surface area contributed by atoms with E-state index in [1.165, 1.54) is 63.9 Å². The van der Waals surface area contributed by atoms with Crippen molar-refractivity contribution in [3.8, 4) is 0 Å². The number of esters is 2. The average molecular weight is 603 g/mol. The Morgan fingerprint density at radius 2 is 1.30 bits per heavy atom. The van der Waals surface area contributed by atoms with E-state index in [1.807, 2.05) is 12.2 Å². The van der Waals surface area contributed by atoms with Crippen molar-refractivity contribution >= 4 is 17.7 Å². The van der Waals surface area contributed by atoms with Crippen LogP contribution in [0.4, 0.5) is 0 Å². The third kappa shape index (κ3) is 30.8. The molecule has 1 N–H and O–H groups in total. The fourth-order valence-electron chi connectivity index (χ4n) is 4.40. The van der Waals surface area contributed by atoms with Gasteiger partial charge in [0.25, 0.3) is 0 Å². The molecule has 0 aromatic rings. The molecule has 0 fully saturated rings. The number of carbonyl (C=O) groups is 3. The zero-order valence-electron chi connectivity index (χ0n) is 27.6. The van der Waals surface area contributed by atoms with Crippen molar-refractivity contribution in [3.63, 3.8) is 0 Å². The molecule has 0 saturated carbocycles. The molecule has 0 aliphatic rings. The fourth-order valence-corrected chi connectivity index (χ4v) is 4.40. The smallest absolute Gasteiger partial charge is 0.306 e. The summed E-state index contributed by atoms with van der Waals surface area (Å²) < 4.78 is 10.4. The Kier molecular flexibility index (Phi) is 29.2. The highest BCUT2D eigenvalue weighted by Crippen LogP contribution is 2.13. The van der Waals surface area contributed by atoms with Gasteiger partial charge in [-0.05, 0) is 50.5 Å². The zero-order valence-corrected chi connectivity index (χ0v) is 27.6. The highest BCUT2D eigenvalue weighted by Gasteiger charge is 2.16. The number of aliphatic hydroxyl groups is 1. The summed E-state index contributed by atoms with van der Waals surface area (Å²) in [5, 5.41) is 9.48. The Morgan fingerprint density at radius 1 is 0.674 bits per heavy atom. The van der Waals surface area contributed by atoms with Gasteiger partial charge >= 0.3 is 11.9 Å². The summed E-state index contributed by atoms with van der Waals surface area (Å²) in [5.74, 6) is -0.122. The highest BCUT2D eigenvalue weighted by atomic mass is 16.6. The number of aliphatic hydroxyl groups excluding tert-OH is 1. The van der Waals surface area contributed by atoms with Crippen LogP contribution in [0.2, 0.25) is 0 Å². The van der Waals surface area contributed by atoms with Gasteiger partial charge in [0.15, 0.2) is 11.9 Å². The normalized spacial score (nSPS) is 12.8. The van der Waals surface area contributed by atoms with Crippen LogP contribution in [0.1, 0.15) is 143 Å². The summed E-state index contributed by atoms with van der Waals surface area (Å²) in [4.78, 5) is 36.1. The summed E-state index contributed by atoms with van der Waals surface area (Å²) in [6.07, 6.45) is 33.2. The molecule has 0 saturated heterocycles. The van der Waals surface area contributed by atoms with Gasteiger partial charge in [0.05, 0.1) is 6.61 Å². The third-order valence-electron chi connectivity index (χ3n) is 7.03. The Labute approximate surface area is 263 Å². The Morgan fingerprint density at radius 3 is 1.98 bits per heavy atom. The molecule has 0 aromatic heterocycles. The summed E-state index contributed by atoms with van der Waals surface area (Å²) in [6.45, 7) is 6.17. The van der Waals surface area contributed by atoms with E-state index in [2.05, 4.69) is 45.1 Å². The lowest BCUT2D eigenvalue weighted by Gasteiger charge is -2.15. The lowest BCUT2D eigenvalue weighted by molar-refractivity contribution is -0.161. The Bertz CT molecular complexity index is 808. The molecule has 6 heteroatoms. The van der Waals surface area contributed by atoms with Crippen molar-refractivity contribution in [3.05, 3.63) is 48.6 Å². The number of ketones is 1. The SMILES string of the molecule is CCCCC/C=C\C/C=C\C/C=C\C=C\C(=O)CCCC(=O)O[C@@H](CO)COC(=O)CCCCCCCCCCC(C)C. The van der Waals surface area contributed by atoms with Crippen molar-refractivity contribution in [1.82, 2.24) is 0 Å². The van der Waals surface area contributed by atoms with Gasteiger partial charge in [-0.2, -0.15) is 0 Å². The second-order valence-electron chi connectivity index (χ2n) is 11.8. The quantitative estimate of drug-likeness (QED) is 0.0302. The number of hydrogen-bond acceptors (Lipinski definition) is 6. The average Bonchev–Trinajstić information content (AvgIpc) is 2.98. The zero-order chi connectivity index (χ0) is 31.8. The molecule has 43 heavy (non-hydrogen) atoms. The number of carbonyl (C=O) groups excluding carboxylic acids is 3. The maximum absolute atomic E-state index is 12.1. The molecular formula is C37H62O6. The van der Waals surface area contributed by atoms with Crippen molar-refractivity contribution in [1.29, 1.82) is 0 Å². The minimum Gasteiger partial charge on any atom is -0.462 e. The van der Waals surface area contributed by atoms with Crippen LogP contribution in [-0.4, -0.2) is 42.1 Å². The number of rotatable bonds is 29. The standard InChI is InChI=1S/C37H62O6/c1-4-5-6-7-8-9-10-11-12-13-17-20-23-27-34(39)28-25-30-37(41)43-35(31-38)32-42-36(40)29-24-21-18-15-14-16-19-22-26-33(2)3/h8-9,11-12,17,20,23,27,33,35,38H,4-7,10,13-16,18-19,21-22,24-26,28-32H2,1-3H3/b9-8-,12-11-,20-17-,27-23+/t35-/m0/s1. The van der Waals surface area contributed by atoms with Gasteiger partial charge in [-0.25, -0.2) is 0 Å². The fraction of sp³-hybridized carbons (Fsp3) is 0.703. The number of ether oxygens (including phenoxy) is 2. The van der Waals surface area contributed by atoms with Crippen LogP contribution in [0.25, 0.3) is 0 Å². The molecule has 0 bridgehead atoms. The molecule has 0 unspecified atom stereocenters. The van der Waals surface area contributed by atoms with Gasteiger partial charge in [0.2, 0.25) is 0 Å². The minimum atomic E-state index is -0.885. The van der Waals surface area contributed by atoms with Crippen molar-refractivity contribution < 1.29 is 29.0 Å². The Balaban J connectivity index is 3.85. The van der Waals surface area contributed by atoms with E-state index in [0.29, 0.717) is 12.8 Å². The van der Waals surface area contributed by atoms with Gasteiger partial charge in [-0.15, -0.1) is 0 Å². The van der Waals surface area contributed by atoms with Crippen LogP contribution in [0.5, 0.6) is 0 Å². The largest absolute Gasteiger partial charge is 0.462 e. The van der Waals surface area contributed by atoms with E-state index in [-0.39, 0.29) is 31.2 Å². The topological polar surface area (TPSA) is 89.9 Å². The second-order valence-corrected chi connectivity index (χ2v) is 11.8. The highest BCUT2D eigenvalue weighted by molar-refractivity contribution is 5.90. The first-order chi connectivity index (χ1) is 20.9. The monoisotopic (exact) mass is 602 g/mol. The molecule has 246 valence electrons. The van der Waals surface area contributed by atoms with E-state index < -0.39 is 18.7 Å². The Hall–Kier alpha value is -2.47. The first kappa shape index (κ1) is 40.5. The predicted molar refractivity (Wildman–Crippen MR) is 178 cm³/mol. The predicted octanol–water partition coefficient (Wildman–Crippen LogP) is 9.32. The molecule has 0 rings (SSSR count). The van der Waals surface area contributed by atoms with Crippen LogP contribution in [0.3, 0.4) is 0 Å². The van der Waals surface area contributed by atoms with Crippen molar-refractivity contribution in [2.24, 2.45) is 5.92 Å². The van der Waals surface area contributed by atoms with Crippen LogP contribution in [0.15, 0.2) is 48.6 Å². The summed E-state index contributed by atoms with van der Waals surface area (Å²) >= 11 is 0. The lowest BCUT2D eigenvalue weighted by atomic mass is 10.0. The number of hydrogen-bond donors (Lipinski definition) is 1. The van der Waals surface area contributed by atoms with E-state index in [4.69, 9.17) is 9.47 Å². The van der Waals surface area contributed by atoms with Crippen LogP contribution >= 0.6 is 0 Å². The maximum Gasteiger partial charge on any atom is 0.306 e. The molecule has 0 spiro atoms. The molecule has 0 aliphatic carbocycles. The lowest BCUT2D eigenvalue weighted by Crippen LogP contribution is -2.28. The van der Waals surface area contributed by atoms with Crippen LogP contribution in [-0.2, 0) is 23.9 Å². The van der Waals surface area contributed by atoms with Gasteiger partial charge in [-0.3, -0.25) is 14.4 Å². The number of unbranched alkanes of at least 4 members (excludes halogenated alkanes) is 10. The van der Waals surface area contributed by atoms with Crippen molar-refractivity contribution in [2.45, 2.75) is 149 Å². The van der Waals surface area contributed by atoms with Crippen LogP contribution in [0, 0.1) is 5.92 Å². The maximum atomic E-state index is 12.1. The summed E-state index contributed by atoms with van der Waals surface area (Å²) in [6, 6.07) is 0. The first-order valence-electron chi connectivity index (χ1n) is 17.0. The second kappa shape index (κ2) is 31.0. The molecule has 0 aliphatic heterocycles. The van der Waals surface area contributed by atoms with Gasteiger partial charge in [-0.1, -0.05) is 128 Å². The molecule has 0 aromatic carbocycles. The van der Waals surface area contributed by atoms with Gasteiger partial charge in [0.1, 0.15) is 6.61 Å². The summed E-state index contributed by atoms with van der Waals surface area (Å²) in [7, 11) is 0. The van der Waals surface area contributed by atoms with Crippen molar-refractivity contribution in [2.75, 3.05) is 13.2 Å². The first-order valence-corrected chi connectivity index (χ1v) is 17.0. The summed E-state index contributed by atoms with van der Waals surface area (Å²) in [5.41, 5.74) is 0. The van der Waals surface area contributed by atoms with E-state index in [9.17, 15) is 19.5 Å². The van der Waals surface area contributed by atoms with Gasteiger partial charge < -0.3 is 14.6 Å². The van der Waals surface area contributed by atoms with E-state index in [1.54, 1.807) is 6.08 Å². The van der Waals surface area contributed by atoms with E-state index in [0.717, 1.165) is 44.4 Å². The number of allylic oxidation sites excluding steroid dienone is 8. The molecule has 0 radical (unpaired) electrons. The third-order valence-corrected chi connectivity index (χ3v) is 7.03. The minimum absolute atomic E-state index is 0.0597. The molecule has 0 heterocycles. The molecular weight excluding hydrogens is 540 g/mol. The van der Waals surface area contributed by atoms with Gasteiger partial charge in [0, 0.05) is 19.3 Å². The van der Waals surface area contributed by atoms with E-state index >= 15 is 0 Å².